The summed E-state index contributed by atoms with van der Waals surface area (Å²) in [7, 11) is -6.87. The van der Waals surface area contributed by atoms with E-state index in [9.17, 15) is 17.5 Å². The minimum absolute atomic E-state index is 0.181. The normalized spacial score (nSPS) is 20.0. The zero-order chi connectivity index (χ0) is 18.1. The van der Waals surface area contributed by atoms with Crippen LogP contribution in [0, 0.1) is 0 Å². The second kappa shape index (κ2) is 7.28. The van der Waals surface area contributed by atoms with Crippen LogP contribution in [0.15, 0.2) is 58.3 Å². The molecule has 2 aromatic carbocycles. The standard InChI is InChI=1S/C17H19BrO5S2/c18-9-4-10-23-13-7-8-15-16(11-13)24(19,20)12-17(15)25(21,22)14-5-2-1-3-6-14/h1-3,5-8,11,17,19-20H,4,9-10,12H2. The van der Waals surface area contributed by atoms with Gasteiger partial charge in [0.15, 0.2) is 9.84 Å². The van der Waals surface area contributed by atoms with Gasteiger partial charge >= 0.3 is 0 Å². The highest BCUT2D eigenvalue weighted by Gasteiger charge is 2.43. The Morgan fingerprint density at radius 1 is 1.16 bits per heavy atom. The van der Waals surface area contributed by atoms with E-state index < -0.39 is 25.7 Å². The Labute approximate surface area is 157 Å². The van der Waals surface area contributed by atoms with Gasteiger partial charge in [0.25, 0.3) is 0 Å². The zero-order valence-corrected chi connectivity index (χ0v) is 16.6. The Morgan fingerprint density at radius 3 is 2.56 bits per heavy atom. The second-order valence-corrected chi connectivity index (χ2v) is 10.8. The third kappa shape index (κ3) is 3.73. The van der Waals surface area contributed by atoms with Gasteiger partial charge in [0, 0.05) is 11.4 Å². The highest BCUT2D eigenvalue weighted by Crippen LogP contribution is 2.61. The maximum absolute atomic E-state index is 12.9. The van der Waals surface area contributed by atoms with Gasteiger partial charge in [0.1, 0.15) is 11.0 Å². The molecule has 1 aliphatic rings. The Morgan fingerprint density at radius 2 is 1.88 bits per heavy atom. The zero-order valence-electron chi connectivity index (χ0n) is 13.3. The number of hydrogen-bond acceptors (Lipinski definition) is 5. The summed E-state index contributed by atoms with van der Waals surface area (Å²) in [5.41, 5.74) is 0.441. The molecule has 2 aromatic rings. The van der Waals surface area contributed by atoms with E-state index in [1.807, 2.05) is 0 Å². The molecule has 5 nitrogen and oxygen atoms in total. The Bertz CT molecular complexity index is 853. The summed E-state index contributed by atoms with van der Waals surface area (Å²) in [6.07, 6.45) is 0.818. The Balaban J connectivity index is 1.97. The number of hydrogen-bond donors (Lipinski definition) is 2. The summed E-state index contributed by atoms with van der Waals surface area (Å²) in [6.45, 7) is 0.495. The van der Waals surface area contributed by atoms with Crippen LogP contribution < -0.4 is 4.74 Å². The van der Waals surface area contributed by atoms with Crippen molar-refractivity contribution in [2.75, 3.05) is 17.7 Å². The fourth-order valence-electron chi connectivity index (χ4n) is 2.82. The van der Waals surface area contributed by atoms with Crippen LogP contribution in [0.4, 0.5) is 0 Å². The topological polar surface area (TPSA) is 83.8 Å². The summed E-state index contributed by atoms with van der Waals surface area (Å²) in [5.74, 6) is 0.294. The molecule has 3 rings (SSSR count). The third-order valence-electron chi connectivity index (χ3n) is 4.06. The lowest BCUT2D eigenvalue weighted by Crippen LogP contribution is -2.15. The summed E-state index contributed by atoms with van der Waals surface area (Å²) in [4.78, 5) is 0.453. The lowest BCUT2D eigenvalue weighted by atomic mass is 10.1. The van der Waals surface area contributed by atoms with Crippen molar-refractivity contribution in [2.24, 2.45) is 0 Å². The van der Waals surface area contributed by atoms with Crippen LogP contribution in [0.3, 0.4) is 0 Å². The minimum atomic E-state index is -3.70. The lowest BCUT2D eigenvalue weighted by Gasteiger charge is -2.27. The predicted molar refractivity (Wildman–Crippen MR) is 103 cm³/mol. The largest absolute Gasteiger partial charge is 0.493 e. The maximum atomic E-state index is 12.9. The van der Waals surface area contributed by atoms with E-state index in [1.54, 1.807) is 36.4 Å². The monoisotopic (exact) mass is 446 g/mol. The van der Waals surface area contributed by atoms with Gasteiger partial charge in [0.2, 0.25) is 0 Å². The molecule has 0 aromatic heterocycles. The number of fused-ring (bicyclic) bond motifs is 1. The first-order chi connectivity index (χ1) is 11.9. The number of sulfone groups is 1. The van der Waals surface area contributed by atoms with E-state index in [4.69, 9.17) is 4.74 Å². The molecule has 0 radical (unpaired) electrons. The van der Waals surface area contributed by atoms with Crippen LogP contribution in [-0.4, -0.2) is 35.2 Å². The molecule has 136 valence electrons. The molecule has 25 heavy (non-hydrogen) atoms. The van der Waals surface area contributed by atoms with Crippen molar-refractivity contribution in [3.8, 4) is 5.75 Å². The van der Waals surface area contributed by atoms with Crippen molar-refractivity contribution < 1.29 is 22.3 Å². The average Bonchev–Trinajstić information content (AvgIpc) is 2.88. The van der Waals surface area contributed by atoms with Crippen LogP contribution in [0.2, 0.25) is 0 Å². The summed E-state index contributed by atoms with van der Waals surface area (Å²) < 4.78 is 52.3. The Kier molecular flexibility index (Phi) is 5.45. The molecule has 8 heteroatoms. The third-order valence-corrected chi connectivity index (χ3v) is 8.79. The molecular formula is C17H19BrO5S2. The van der Waals surface area contributed by atoms with Crippen molar-refractivity contribution >= 4 is 36.4 Å². The van der Waals surface area contributed by atoms with Gasteiger partial charge in [-0.2, -0.15) is 10.6 Å². The van der Waals surface area contributed by atoms with Crippen molar-refractivity contribution in [2.45, 2.75) is 21.5 Å². The molecule has 1 aliphatic heterocycles. The molecule has 2 N–H and O–H groups in total. The molecule has 0 bridgehead atoms. The van der Waals surface area contributed by atoms with Gasteiger partial charge in [-0.05, 0) is 30.2 Å². The van der Waals surface area contributed by atoms with E-state index in [0.29, 0.717) is 17.9 Å². The fourth-order valence-corrected chi connectivity index (χ4v) is 7.49. The van der Waals surface area contributed by atoms with Crippen molar-refractivity contribution in [1.82, 2.24) is 0 Å². The fraction of sp³-hybridized carbons (Fsp3) is 0.294. The molecule has 0 saturated heterocycles. The summed E-state index contributed by atoms with van der Waals surface area (Å²) in [5, 5.41) is -0.156. The number of alkyl halides is 1. The predicted octanol–water partition coefficient (Wildman–Crippen LogP) is 4.49. The molecule has 1 unspecified atom stereocenters. The molecular weight excluding hydrogens is 428 g/mol. The highest BCUT2D eigenvalue weighted by atomic mass is 79.9. The van der Waals surface area contributed by atoms with Gasteiger partial charge in [-0.25, -0.2) is 8.42 Å². The summed E-state index contributed by atoms with van der Waals surface area (Å²) >= 11 is 3.32. The first kappa shape index (κ1) is 18.7. The number of halogens is 1. The highest BCUT2D eigenvalue weighted by molar-refractivity contribution is 9.09. The van der Waals surface area contributed by atoms with Gasteiger partial charge < -0.3 is 4.74 Å². The second-order valence-electron chi connectivity index (χ2n) is 5.77. The molecule has 1 atom stereocenters. The van der Waals surface area contributed by atoms with Crippen molar-refractivity contribution in [3.05, 3.63) is 54.1 Å². The van der Waals surface area contributed by atoms with Gasteiger partial charge in [0.05, 0.1) is 22.2 Å². The first-order valence-electron chi connectivity index (χ1n) is 7.74. The Hall–Kier alpha value is -1.06. The quantitative estimate of drug-likeness (QED) is 0.504. The minimum Gasteiger partial charge on any atom is -0.493 e. The van der Waals surface area contributed by atoms with Gasteiger partial charge in [-0.3, -0.25) is 9.11 Å². The maximum Gasteiger partial charge on any atom is 0.187 e. The number of benzene rings is 2. The SMILES string of the molecule is O=S(=O)(c1ccccc1)C1CS(O)(O)c2cc(OCCCBr)ccc21. The molecule has 0 aliphatic carbocycles. The van der Waals surface area contributed by atoms with Crippen LogP contribution in [0.5, 0.6) is 5.75 Å². The number of rotatable bonds is 6. The average molecular weight is 447 g/mol. The molecule has 0 amide bonds. The van der Waals surface area contributed by atoms with Gasteiger partial charge in [-0.15, -0.1) is 0 Å². The smallest absolute Gasteiger partial charge is 0.187 e. The molecule has 0 saturated carbocycles. The van der Waals surface area contributed by atoms with Crippen LogP contribution in [0.1, 0.15) is 17.2 Å². The van der Waals surface area contributed by atoms with E-state index >= 15 is 0 Å². The number of ether oxygens (including phenoxy) is 1. The van der Waals surface area contributed by atoms with E-state index in [1.165, 1.54) is 12.1 Å². The van der Waals surface area contributed by atoms with Gasteiger partial charge in [-0.1, -0.05) is 40.2 Å². The first-order valence-corrected chi connectivity index (χ1v) is 12.1. The molecule has 0 fully saturated rings. The molecule has 0 spiro atoms. The van der Waals surface area contributed by atoms with Crippen molar-refractivity contribution in [1.29, 1.82) is 0 Å². The van der Waals surface area contributed by atoms with Crippen LogP contribution in [0.25, 0.3) is 0 Å². The van der Waals surface area contributed by atoms with Crippen LogP contribution >= 0.6 is 26.5 Å². The summed E-state index contributed by atoms with van der Waals surface area (Å²) in [6, 6.07) is 13.0. The van der Waals surface area contributed by atoms with E-state index in [-0.39, 0.29) is 15.5 Å². The van der Waals surface area contributed by atoms with E-state index in [2.05, 4.69) is 15.9 Å². The van der Waals surface area contributed by atoms with Crippen molar-refractivity contribution in [3.63, 3.8) is 0 Å². The van der Waals surface area contributed by atoms with E-state index in [0.717, 1.165) is 11.8 Å². The van der Waals surface area contributed by atoms with Crippen LogP contribution in [-0.2, 0) is 9.84 Å². The molecule has 1 heterocycles. The lowest BCUT2D eigenvalue weighted by molar-refractivity contribution is 0.318.